The summed E-state index contributed by atoms with van der Waals surface area (Å²) in [5.74, 6) is 0.579. The maximum absolute atomic E-state index is 6.05. The second kappa shape index (κ2) is 8.76. The SMILES string of the molecule is CCc1ccc(CCN2CCN(c3nc(-c4cccc(Cl)c4)no3)CC2)cc1. The number of rotatable bonds is 6. The average molecular weight is 397 g/mol. The van der Waals surface area contributed by atoms with Crippen molar-refractivity contribution in [3.8, 4) is 11.4 Å². The molecule has 4 rings (SSSR count). The molecule has 146 valence electrons. The van der Waals surface area contributed by atoms with Crippen LogP contribution in [-0.4, -0.2) is 47.8 Å². The number of benzene rings is 2. The third-order valence-corrected chi connectivity index (χ3v) is 5.52. The molecule has 5 nitrogen and oxygen atoms in total. The van der Waals surface area contributed by atoms with Gasteiger partial charge in [-0.2, -0.15) is 4.98 Å². The second-order valence-corrected chi connectivity index (χ2v) is 7.60. The first kappa shape index (κ1) is 19.0. The summed E-state index contributed by atoms with van der Waals surface area (Å²) in [6.07, 6.45) is 2.18. The molecule has 1 saturated heterocycles. The lowest BCUT2D eigenvalue weighted by Gasteiger charge is -2.33. The van der Waals surface area contributed by atoms with E-state index in [0.29, 0.717) is 16.9 Å². The average Bonchev–Trinajstić information content (AvgIpc) is 3.23. The summed E-state index contributed by atoms with van der Waals surface area (Å²) in [7, 11) is 0. The number of hydrogen-bond donors (Lipinski definition) is 0. The van der Waals surface area contributed by atoms with Crippen LogP contribution in [0.5, 0.6) is 0 Å². The van der Waals surface area contributed by atoms with E-state index in [4.69, 9.17) is 16.1 Å². The molecule has 0 N–H and O–H groups in total. The Balaban J connectivity index is 1.29. The van der Waals surface area contributed by atoms with E-state index in [1.165, 1.54) is 11.1 Å². The molecule has 1 aliphatic heterocycles. The fourth-order valence-corrected chi connectivity index (χ4v) is 3.67. The minimum Gasteiger partial charge on any atom is -0.322 e. The molecule has 2 aromatic carbocycles. The minimum absolute atomic E-state index is 0.579. The summed E-state index contributed by atoms with van der Waals surface area (Å²) < 4.78 is 5.49. The lowest BCUT2D eigenvalue weighted by molar-refractivity contribution is 0.253. The molecule has 0 bridgehead atoms. The van der Waals surface area contributed by atoms with Gasteiger partial charge in [0, 0.05) is 43.3 Å². The van der Waals surface area contributed by atoms with E-state index in [0.717, 1.165) is 51.1 Å². The van der Waals surface area contributed by atoms with Crippen LogP contribution in [0.4, 0.5) is 6.01 Å². The van der Waals surface area contributed by atoms with Gasteiger partial charge in [0.25, 0.3) is 0 Å². The number of aryl methyl sites for hydroxylation is 1. The summed E-state index contributed by atoms with van der Waals surface area (Å²) in [5, 5.41) is 4.78. The molecule has 3 aromatic rings. The van der Waals surface area contributed by atoms with Crippen LogP contribution in [0.15, 0.2) is 53.1 Å². The summed E-state index contributed by atoms with van der Waals surface area (Å²) >= 11 is 6.05. The molecule has 0 unspecified atom stereocenters. The highest BCUT2D eigenvalue weighted by molar-refractivity contribution is 6.30. The molecule has 0 spiro atoms. The summed E-state index contributed by atoms with van der Waals surface area (Å²) in [6.45, 7) is 7.06. The van der Waals surface area contributed by atoms with Gasteiger partial charge in [-0.15, -0.1) is 0 Å². The van der Waals surface area contributed by atoms with Gasteiger partial charge in [-0.25, -0.2) is 0 Å². The van der Waals surface area contributed by atoms with Gasteiger partial charge >= 0.3 is 6.01 Å². The van der Waals surface area contributed by atoms with Crippen LogP contribution >= 0.6 is 11.6 Å². The zero-order chi connectivity index (χ0) is 19.3. The van der Waals surface area contributed by atoms with Crippen molar-refractivity contribution in [3.05, 3.63) is 64.7 Å². The largest absolute Gasteiger partial charge is 0.324 e. The molecule has 0 atom stereocenters. The Kier molecular flexibility index (Phi) is 5.93. The van der Waals surface area contributed by atoms with Crippen LogP contribution < -0.4 is 4.90 Å². The lowest BCUT2D eigenvalue weighted by atomic mass is 10.1. The molecule has 28 heavy (non-hydrogen) atoms. The highest BCUT2D eigenvalue weighted by atomic mass is 35.5. The van der Waals surface area contributed by atoms with E-state index in [2.05, 4.69) is 51.1 Å². The number of nitrogens with zero attached hydrogens (tertiary/aromatic N) is 4. The van der Waals surface area contributed by atoms with E-state index in [1.807, 2.05) is 24.3 Å². The standard InChI is InChI=1S/C22H25ClN4O/c1-2-17-6-8-18(9-7-17)10-11-26-12-14-27(15-13-26)22-24-21(25-28-22)19-4-3-5-20(23)16-19/h3-9,16H,2,10-15H2,1H3. The first-order valence-electron chi connectivity index (χ1n) is 9.86. The molecule has 0 radical (unpaired) electrons. The Morgan fingerprint density at radius 2 is 1.75 bits per heavy atom. The second-order valence-electron chi connectivity index (χ2n) is 7.16. The molecule has 1 fully saturated rings. The van der Waals surface area contributed by atoms with Gasteiger partial charge in [-0.1, -0.05) is 60.1 Å². The summed E-state index contributed by atoms with van der Waals surface area (Å²) in [6, 6.07) is 17.1. The predicted octanol–water partition coefficient (Wildman–Crippen LogP) is 4.32. The number of aromatic nitrogens is 2. The zero-order valence-corrected chi connectivity index (χ0v) is 16.9. The molecule has 2 heterocycles. The van der Waals surface area contributed by atoms with Crippen molar-refractivity contribution in [2.75, 3.05) is 37.6 Å². The van der Waals surface area contributed by atoms with Gasteiger partial charge in [0.1, 0.15) is 0 Å². The van der Waals surface area contributed by atoms with Crippen molar-refractivity contribution in [1.82, 2.24) is 15.0 Å². The van der Waals surface area contributed by atoms with E-state index in [-0.39, 0.29) is 0 Å². The van der Waals surface area contributed by atoms with Gasteiger partial charge in [0.2, 0.25) is 5.82 Å². The fraction of sp³-hybridized carbons (Fsp3) is 0.364. The molecule has 0 aliphatic carbocycles. The third kappa shape index (κ3) is 4.54. The highest BCUT2D eigenvalue weighted by Crippen LogP contribution is 2.23. The van der Waals surface area contributed by atoms with Crippen LogP contribution in [0.3, 0.4) is 0 Å². The molecule has 6 heteroatoms. The lowest BCUT2D eigenvalue weighted by Crippen LogP contribution is -2.47. The van der Waals surface area contributed by atoms with Gasteiger partial charge in [-0.3, -0.25) is 4.90 Å². The van der Waals surface area contributed by atoms with Crippen LogP contribution in [0.2, 0.25) is 5.02 Å². The van der Waals surface area contributed by atoms with Crippen molar-refractivity contribution in [2.45, 2.75) is 19.8 Å². The van der Waals surface area contributed by atoms with Crippen LogP contribution in [0.25, 0.3) is 11.4 Å². The molecule has 0 saturated carbocycles. The van der Waals surface area contributed by atoms with E-state index < -0.39 is 0 Å². The van der Waals surface area contributed by atoms with Crippen molar-refractivity contribution < 1.29 is 4.52 Å². The Morgan fingerprint density at radius 1 is 1.00 bits per heavy atom. The monoisotopic (exact) mass is 396 g/mol. The van der Waals surface area contributed by atoms with Gasteiger partial charge in [0.05, 0.1) is 0 Å². The Bertz CT molecular complexity index is 901. The molecule has 0 amide bonds. The molecular weight excluding hydrogens is 372 g/mol. The van der Waals surface area contributed by atoms with E-state index in [9.17, 15) is 0 Å². The fourth-order valence-electron chi connectivity index (χ4n) is 3.48. The zero-order valence-electron chi connectivity index (χ0n) is 16.1. The molecular formula is C22H25ClN4O. The number of hydrogen-bond acceptors (Lipinski definition) is 5. The third-order valence-electron chi connectivity index (χ3n) is 5.29. The minimum atomic E-state index is 0.579. The Morgan fingerprint density at radius 3 is 2.46 bits per heavy atom. The van der Waals surface area contributed by atoms with Gasteiger partial charge in [-0.05, 0) is 36.1 Å². The Labute approximate surface area is 170 Å². The topological polar surface area (TPSA) is 45.4 Å². The quantitative estimate of drug-likeness (QED) is 0.621. The summed E-state index contributed by atoms with van der Waals surface area (Å²) in [5.41, 5.74) is 3.67. The predicted molar refractivity (Wildman–Crippen MR) is 113 cm³/mol. The van der Waals surface area contributed by atoms with Gasteiger partial charge in [0.15, 0.2) is 0 Å². The van der Waals surface area contributed by atoms with Gasteiger partial charge < -0.3 is 9.42 Å². The maximum atomic E-state index is 6.05. The highest BCUT2D eigenvalue weighted by Gasteiger charge is 2.21. The van der Waals surface area contributed by atoms with Crippen molar-refractivity contribution in [3.63, 3.8) is 0 Å². The van der Waals surface area contributed by atoms with Crippen molar-refractivity contribution in [1.29, 1.82) is 0 Å². The maximum Gasteiger partial charge on any atom is 0.324 e. The smallest absolute Gasteiger partial charge is 0.322 e. The first-order chi connectivity index (χ1) is 13.7. The number of anilines is 1. The van der Waals surface area contributed by atoms with Crippen LogP contribution in [0.1, 0.15) is 18.1 Å². The van der Waals surface area contributed by atoms with Crippen molar-refractivity contribution >= 4 is 17.6 Å². The summed E-state index contributed by atoms with van der Waals surface area (Å²) in [4.78, 5) is 9.21. The van der Waals surface area contributed by atoms with E-state index >= 15 is 0 Å². The van der Waals surface area contributed by atoms with Crippen molar-refractivity contribution in [2.24, 2.45) is 0 Å². The molecule has 1 aromatic heterocycles. The number of halogens is 1. The van der Waals surface area contributed by atoms with Crippen LogP contribution in [0, 0.1) is 0 Å². The normalized spacial score (nSPS) is 15.1. The van der Waals surface area contributed by atoms with E-state index in [1.54, 1.807) is 0 Å². The Hall–Kier alpha value is -2.37. The number of piperazine rings is 1. The first-order valence-corrected chi connectivity index (χ1v) is 10.2. The molecule has 1 aliphatic rings. The van der Waals surface area contributed by atoms with Crippen LogP contribution in [-0.2, 0) is 12.8 Å².